The summed E-state index contributed by atoms with van der Waals surface area (Å²) in [5.41, 5.74) is 6.57. The molecule has 0 spiro atoms. The van der Waals surface area contributed by atoms with Crippen molar-refractivity contribution in [1.29, 1.82) is 0 Å². The van der Waals surface area contributed by atoms with Crippen LogP contribution in [0.25, 0.3) is 0 Å². The van der Waals surface area contributed by atoms with Crippen LogP contribution < -0.4 is 5.73 Å². The van der Waals surface area contributed by atoms with Gasteiger partial charge in [-0.05, 0) is 25.6 Å². The van der Waals surface area contributed by atoms with E-state index >= 15 is 0 Å². The minimum Gasteiger partial charge on any atom is -0.393 e. The van der Waals surface area contributed by atoms with Crippen molar-refractivity contribution < 1.29 is 9.66 Å². The van der Waals surface area contributed by atoms with Gasteiger partial charge in [-0.25, -0.2) is 0 Å². The van der Waals surface area contributed by atoms with E-state index in [1.807, 2.05) is 18.9 Å². The normalized spacial score (nSPS) is 10.8. The Morgan fingerprint density at radius 2 is 2.22 bits per heavy atom. The molecule has 0 atom stereocenters. The molecule has 0 saturated heterocycles. The summed E-state index contributed by atoms with van der Waals surface area (Å²) < 4.78 is 5.25. The van der Waals surface area contributed by atoms with Gasteiger partial charge in [0.1, 0.15) is 5.69 Å². The van der Waals surface area contributed by atoms with Crippen LogP contribution in [0.1, 0.15) is 12.5 Å². The Kier molecular flexibility index (Phi) is 5.54. The molecular weight excluding hydrogens is 234 g/mol. The Bertz CT molecular complexity index is 410. The zero-order valence-electron chi connectivity index (χ0n) is 10.8. The van der Waals surface area contributed by atoms with E-state index in [0.29, 0.717) is 19.8 Å². The molecule has 0 aliphatic heterocycles. The minimum absolute atomic E-state index is 0.0364. The molecule has 100 valence electrons. The minimum atomic E-state index is -0.459. The molecule has 1 aromatic carbocycles. The molecule has 6 nitrogen and oxygen atoms in total. The Hall–Kier alpha value is -1.66. The molecule has 0 unspecified atom stereocenters. The van der Waals surface area contributed by atoms with Gasteiger partial charge in [-0.15, -0.1) is 0 Å². The molecule has 0 saturated carbocycles. The lowest BCUT2D eigenvalue weighted by atomic mass is 10.1. The van der Waals surface area contributed by atoms with Gasteiger partial charge in [-0.3, -0.25) is 15.0 Å². The molecule has 2 N–H and O–H groups in total. The van der Waals surface area contributed by atoms with Crippen LogP contribution in [0.5, 0.6) is 0 Å². The Morgan fingerprint density at radius 1 is 1.50 bits per heavy atom. The van der Waals surface area contributed by atoms with Gasteiger partial charge in [0.15, 0.2) is 0 Å². The number of rotatable bonds is 7. The fourth-order valence-corrected chi connectivity index (χ4v) is 1.60. The number of anilines is 1. The molecule has 18 heavy (non-hydrogen) atoms. The molecule has 0 heterocycles. The first-order chi connectivity index (χ1) is 8.54. The largest absolute Gasteiger partial charge is 0.393 e. The summed E-state index contributed by atoms with van der Waals surface area (Å²) >= 11 is 0. The lowest BCUT2D eigenvalue weighted by molar-refractivity contribution is -0.384. The van der Waals surface area contributed by atoms with Crippen molar-refractivity contribution in [2.45, 2.75) is 13.5 Å². The summed E-state index contributed by atoms with van der Waals surface area (Å²) in [6.07, 6.45) is 0. The number of likely N-dealkylation sites (N-methyl/N-ethyl adjacent to an activating group) is 1. The van der Waals surface area contributed by atoms with Crippen molar-refractivity contribution in [3.05, 3.63) is 33.9 Å². The van der Waals surface area contributed by atoms with Crippen LogP contribution in [0.15, 0.2) is 18.2 Å². The van der Waals surface area contributed by atoms with Crippen molar-refractivity contribution in [3.8, 4) is 0 Å². The van der Waals surface area contributed by atoms with Gasteiger partial charge < -0.3 is 10.5 Å². The highest BCUT2D eigenvalue weighted by atomic mass is 16.6. The zero-order chi connectivity index (χ0) is 13.5. The Labute approximate surface area is 106 Å². The summed E-state index contributed by atoms with van der Waals surface area (Å²) in [6, 6.07) is 4.90. The zero-order valence-corrected chi connectivity index (χ0v) is 10.8. The van der Waals surface area contributed by atoms with E-state index in [1.165, 1.54) is 6.07 Å². The molecule has 1 rings (SSSR count). The average Bonchev–Trinajstić information content (AvgIpc) is 2.31. The molecule has 0 radical (unpaired) electrons. The number of nitro benzene ring substituents is 1. The fourth-order valence-electron chi connectivity index (χ4n) is 1.60. The van der Waals surface area contributed by atoms with E-state index in [9.17, 15) is 10.1 Å². The van der Waals surface area contributed by atoms with Gasteiger partial charge in [0.05, 0.1) is 11.5 Å². The van der Waals surface area contributed by atoms with Crippen LogP contribution in [-0.2, 0) is 11.3 Å². The van der Waals surface area contributed by atoms with Crippen molar-refractivity contribution in [2.75, 3.05) is 32.5 Å². The maximum atomic E-state index is 10.8. The molecule has 0 bridgehead atoms. The third kappa shape index (κ3) is 4.31. The smallest absolute Gasteiger partial charge is 0.292 e. The van der Waals surface area contributed by atoms with Gasteiger partial charge in [0, 0.05) is 25.8 Å². The van der Waals surface area contributed by atoms with Gasteiger partial charge in [-0.2, -0.15) is 0 Å². The van der Waals surface area contributed by atoms with Crippen LogP contribution in [0.4, 0.5) is 11.4 Å². The van der Waals surface area contributed by atoms with Crippen LogP contribution in [0.3, 0.4) is 0 Å². The van der Waals surface area contributed by atoms with E-state index < -0.39 is 4.92 Å². The number of nitrogens with zero attached hydrogens (tertiary/aromatic N) is 2. The molecule has 0 aliphatic rings. The van der Waals surface area contributed by atoms with Crippen LogP contribution in [0.2, 0.25) is 0 Å². The third-order valence-corrected chi connectivity index (χ3v) is 2.57. The number of benzene rings is 1. The second kappa shape index (κ2) is 6.93. The number of nitrogen functional groups attached to an aromatic ring is 1. The standard InChI is InChI=1S/C12H19N3O3/c1-3-18-7-6-14(2)9-10-4-5-11(13)12(8-10)15(16)17/h4-5,8H,3,6-7,9,13H2,1-2H3. The predicted molar refractivity (Wildman–Crippen MR) is 70.3 cm³/mol. The highest BCUT2D eigenvalue weighted by Gasteiger charge is 2.12. The van der Waals surface area contributed by atoms with Gasteiger partial charge in [0.25, 0.3) is 5.69 Å². The summed E-state index contributed by atoms with van der Waals surface area (Å²) in [6.45, 7) is 4.72. The molecule has 0 fully saturated rings. The Balaban J connectivity index is 2.62. The lowest BCUT2D eigenvalue weighted by Gasteiger charge is -2.16. The molecular formula is C12H19N3O3. The van der Waals surface area contributed by atoms with Crippen LogP contribution >= 0.6 is 0 Å². The average molecular weight is 253 g/mol. The molecule has 0 aromatic heterocycles. The highest BCUT2D eigenvalue weighted by Crippen LogP contribution is 2.22. The van der Waals surface area contributed by atoms with Crippen molar-refractivity contribution in [2.24, 2.45) is 0 Å². The highest BCUT2D eigenvalue weighted by molar-refractivity contribution is 5.59. The summed E-state index contributed by atoms with van der Waals surface area (Å²) in [5.74, 6) is 0. The van der Waals surface area contributed by atoms with Gasteiger partial charge in [-0.1, -0.05) is 6.07 Å². The van der Waals surface area contributed by atoms with Gasteiger partial charge >= 0.3 is 0 Å². The van der Waals surface area contributed by atoms with Crippen LogP contribution in [-0.4, -0.2) is 36.6 Å². The number of nitrogens with two attached hydrogens (primary N) is 1. The van der Waals surface area contributed by atoms with Crippen LogP contribution in [0, 0.1) is 10.1 Å². The molecule has 0 aliphatic carbocycles. The maximum absolute atomic E-state index is 10.8. The lowest BCUT2D eigenvalue weighted by Crippen LogP contribution is -2.22. The predicted octanol–water partition coefficient (Wildman–Crippen LogP) is 1.65. The first-order valence-corrected chi connectivity index (χ1v) is 5.83. The number of hydrogen-bond donors (Lipinski definition) is 1. The first-order valence-electron chi connectivity index (χ1n) is 5.83. The summed E-state index contributed by atoms with van der Waals surface area (Å²) in [7, 11) is 1.95. The van der Waals surface area contributed by atoms with Crippen molar-refractivity contribution >= 4 is 11.4 Å². The van der Waals surface area contributed by atoms with Gasteiger partial charge in [0.2, 0.25) is 0 Å². The van der Waals surface area contributed by atoms with E-state index in [4.69, 9.17) is 10.5 Å². The number of ether oxygens (including phenoxy) is 1. The van der Waals surface area contributed by atoms with Crippen molar-refractivity contribution in [3.63, 3.8) is 0 Å². The number of nitro groups is 1. The second-order valence-electron chi connectivity index (χ2n) is 4.08. The second-order valence-corrected chi connectivity index (χ2v) is 4.08. The molecule has 6 heteroatoms. The first kappa shape index (κ1) is 14.4. The molecule has 0 amide bonds. The van der Waals surface area contributed by atoms with E-state index in [0.717, 1.165) is 12.1 Å². The Morgan fingerprint density at radius 3 is 2.83 bits per heavy atom. The topological polar surface area (TPSA) is 81.6 Å². The van der Waals surface area contributed by atoms with E-state index in [-0.39, 0.29) is 11.4 Å². The SMILES string of the molecule is CCOCCN(C)Cc1ccc(N)c([N+](=O)[O-])c1. The van der Waals surface area contributed by atoms with Crippen molar-refractivity contribution in [1.82, 2.24) is 4.90 Å². The summed E-state index contributed by atoms with van der Waals surface area (Å²) in [4.78, 5) is 12.3. The fraction of sp³-hybridized carbons (Fsp3) is 0.500. The maximum Gasteiger partial charge on any atom is 0.292 e. The summed E-state index contributed by atoms with van der Waals surface area (Å²) in [5, 5.41) is 10.8. The third-order valence-electron chi connectivity index (χ3n) is 2.57. The monoisotopic (exact) mass is 253 g/mol. The van der Waals surface area contributed by atoms with E-state index in [2.05, 4.69) is 0 Å². The number of hydrogen-bond acceptors (Lipinski definition) is 5. The van der Waals surface area contributed by atoms with E-state index in [1.54, 1.807) is 12.1 Å². The molecule has 1 aromatic rings. The quantitative estimate of drug-likeness (QED) is 0.346.